The fraction of sp³-hybridized carbons (Fsp3) is 0.889. The highest BCUT2D eigenvalue weighted by Crippen LogP contribution is 2.15. The van der Waals surface area contributed by atoms with Gasteiger partial charge in [0, 0.05) is 6.54 Å². The normalized spacial score (nSPS) is 22.2. The molecule has 0 aromatic carbocycles. The third-order valence-corrected chi connectivity index (χ3v) is 1.80. The molecule has 1 heterocycles. The van der Waals surface area contributed by atoms with Crippen LogP contribution < -0.4 is 11.5 Å². The Kier molecular flexibility index (Phi) is 4.36. The first kappa shape index (κ1) is 12.4. The fourth-order valence-corrected chi connectivity index (χ4v) is 1.24. The van der Waals surface area contributed by atoms with Gasteiger partial charge in [-0.1, -0.05) is 0 Å². The van der Waals surface area contributed by atoms with E-state index in [0.717, 1.165) is 19.5 Å². The molecule has 1 rings (SSSR count). The maximum atomic E-state index is 11.4. The Balaban J connectivity index is 0.00000144. The lowest BCUT2D eigenvalue weighted by molar-refractivity contribution is -0.159. The highest BCUT2D eigenvalue weighted by Gasteiger charge is 2.27. The Morgan fingerprint density at radius 2 is 2.08 bits per heavy atom. The monoisotopic (exact) mass is 188 g/mol. The molecule has 4 N–H and O–H groups in total. The van der Waals surface area contributed by atoms with E-state index in [1.165, 1.54) is 0 Å². The third kappa shape index (κ3) is 4.24. The van der Waals surface area contributed by atoms with Crippen molar-refractivity contribution < 1.29 is 9.53 Å². The molecule has 1 aliphatic rings. The van der Waals surface area contributed by atoms with E-state index < -0.39 is 0 Å². The number of hydrogen-bond donors (Lipinski definition) is 2. The van der Waals surface area contributed by atoms with E-state index in [9.17, 15) is 4.79 Å². The second-order valence-electron chi connectivity index (χ2n) is 4.22. The van der Waals surface area contributed by atoms with Gasteiger partial charge in [0.15, 0.2) is 0 Å². The summed E-state index contributed by atoms with van der Waals surface area (Å²) >= 11 is 0. The molecular weight excluding hydrogens is 168 g/mol. The number of carbonyl (C=O) groups excluding carboxylic acids is 1. The summed E-state index contributed by atoms with van der Waals surface area (Å²) in [6, 6.07) is 0. The van der Waals surface area contributed by atoms with Crippen molar-refractivity contribution in [3.63, 3.8) is 0 Å². The first-order valence-electron chi connectivity index (χ1n) is 4.42. The van der Waals surface area contributed by atoms with Crippen LogP contribution in [-0.2, 0) is 9.53 Å². The Labute approximate surface area is 79.6 Å². The summed E-state index contributed by atoms with van der Waals surface area (Å²) in [5.41, 5.74) is -0.348. The van der Waals surface area contributed by atoms with Crippen LogP contribution in [0.2, 0.25) is 0 Å². The minimum atomic E-state index is -0.348. The van der Waals surface area contributed by atoms with Crippen LogP contribution in [-0.4, -0.2) is 24.7 Å². The number of carbonyl (C=O) groups is 1. The molecule has 1 aliphatic heterocycles. The van der Waals surface area contributed by atoms with Crippen molar-refractivity contribution in [1.82, 2.24) is 11.5 Å². The van der Waals surface area contributed by atoms with E-state index >= 15 is 0 Å². The van der Waals surface area contributed by atoms with E-state index in [1.807, 2.05) is 20.8 Å². The van der Waals surface area contributed by atoms with Gasteiger partial charge in [-0.25, -0.2) is 0 Å². The summed E-state index contributed by atoms with van der Waals surface area (Å²) < 4.78 is 5.24. The lowest BCUT2D eigenvalue weighted by atomic mass is 10.1. The van der Waals surface area contributed by atoms with Crippen LogP contribution in [0.1, 0.15) is 27.2 Å². The molecule has 0 aromatic rings. The van der Waals surface area contributed by atoms with Gasteiger partial charge < -0.3 is 16.2 Å². The molecule has 0 saturated carbocycles. The summed E-state index contributed by atoms with van der Waals surface area (Å²) in [6.07, 6.45) is 0.912. The average molecular weight is 188 g/mol. The van der Waals surface area contributed by atoms with Crippen LogP contribution in [0.25, 0.3) is 0 Å². The summed E-state index contributed by atoms with van der Waals surface area (Å²) in [4.78, 5) is 11.4. The molecule has 78 valence electrons. The lowest BCUT2D eigenvalue weighted by Gasteiger charge is -2.21. The number of nitrogens with one attached hydrogen (secondary N) is 1. The van der Waals surface area contributed by atoms with E-state index in [-0.39, 0.29) is 23.6 Å². The number of esters is 1. The molecule has 1 atom stereocenters. The van der Waals surface area contributed by atoms with E-state index in [0.29, 0.717) is 0 Å². The van der Waals surface area contributed by atoms with Gasteiger partial charge in [-0.3, -0.25) is 4.79 Å². The van der Waals surface area contributed by atoms with Crippen molar-refractivity contribution in [3.8, 4) is 0 Å². The third-order valence-electron chi connectivity index (χ3n) is 1.80. The summed E-state index contributed by atoms with van der Waals surface area (Å²) in [6.45, 7) is 7.40. The van der Waals surface area contributed by atoms with Crippen molar-refractivity contribution in [2.75, 3.05) is 13.1 Å². The molecule has 0 aromatic heterocycles. The quantitative estimate of drug-likeness (QED) is 0.604. The van der Waals surface area contributed by atoms with Crippen LogP contribution in [0, 0.1) is 5.92 Å². The predicted octanol–water partition coefficient (Wildman–Crippen LogP) is 1.10. The zero-order valence-electron chi connectivity index (χ0n) is 8.72. The Hall–Kier alpha value is -0.610. The van der Waals surface area contributed by atoms with Gasteiger partial charge in [0.05, 0.1) is 5.92 Å². The highest BCUT2D eigenvalue weighted by atomic mass is 16.6. The smallest absolute Gasteiger partial charge is 0.310 e. The lowest BCUT2D eigenvalue weighted by Crippen LogP contribution is -2.29. The minimum absolute atomic E-state index is 0. The Bertz CT molecular complexity index is 169. The standard InChI is InChI=1S/C9H17NO2.H3N/c1-9(2,3)12-8(11)7-4-5-10-6-7;/h7,10H,4-6H2,1-3H3;1H3. The van der Waals surface area contributed by atoms with Crippen LogP contribution in [0.5, 0.6) is 0 Å². The summed E-state index contributed by atoms with van der Waals surface area (Å²) in [7, 11) is 0. The number of ether oxygens (including phenoxy) is 1. The predicted molar refractivity (Wildman–Crippen MR) is 51.8 cm³/mol. The van der Waals surface area contributed by atoms with Gasteiger partial charge in [-0.15, -0.1) is 0 Å². The van der Waals surface area contributed by atoms with E-state index in [2.05, 4.69) is 5.32 Å². The molecule has 0 amide bonds. The first-order chi connectivity index (χ1) is 5.49. The van der Waals surface area contributed by atoms with E-state index in [4.69, 9.17) is 4.74 Å². The second kappa shape index (κ2) is 4.58. The molecule has 0 spiro atoms. The van der Waals surface area contributed by atoms with Gasteiger partial charge in [-0.05, 0) is 33.7 Å². The van der Waals surface area contributed by atoms with Gasteiger partial charge >= 0.3 is 5.97 Å². The minimum Gasteiger partial charge on any atom is -0.460 e. The SMILES string of the molecule is CC(C)(C)OC(=O)C1CCNC1.N. The van der Waals surface area contributed by atoms with Crippen LogP contribution >= 0.6 is 0 Å². The Morgan fingerprint density at radius 3 is 2.46 bits per heavy atom. The summed E-state index contributed by atoms with van der Waals surface area (Å²) in [5.74, 6) is 0.0109. The van der Waals surface area contributed by atoms with Crippen molar-refractivity contribution in [1.29, 1.82) is 0 Å². The molecule has 0 bridgehead atoms. The fourth-order valence-electron chi connectivity index (χ4n) is 1.24. The largest absolute Gasteiger partial charge is 0.460 e. The van der Waals surface area contributed by atoms with Crippen molar-refractivity contribution in [2.45, 2.75) is 32.8 Å². The van der Waals surface area contributed by atoms with Crippen LogP contribution in [0.15, 0.2) is 0 Å². The average Bonchev–Trinajstić information content (AvgIpc) is 2.32. The Morgan fingerprint density at radius 1 is 1.46 bits per heavy atom. The van der Waals surface area contributed by atoms with Gasteiger partial charge in [0.2, 0.25) is 0 Å². The highest BCUT2D eigenvalue weighted by molar-refractivity contribution is 5.73. The molecule has 4 nitrogen and oxygen atoms in total. The molecule has 0 radical (unpaired) electrons. The molecule has 1 saturated heterocycles. The number of hydrogen-bond acceptors (Lipinski definition) is 4. The van der Waals surface area contributed by atoms with E-state index in [1.54, 1.807) is 0 Å². The molecule has 13 heavy (non-hydrogen) atoms. The first-order valence-corrected chi connectivity index (χ1v) is 4.42. The molecule has 1 fully saturated rings. The zero-order valence-corrected chi connectivity index (χ0v) is 8.72. The molecule has 0 aliphatic carbocycles. The van der Waals surface area contributed by atoms with Gasteiger partial charge in [-0.2, -0.15) is 0 Å². The van der Waals surface area contributed by atoms with Crippen LogP contribution in [0.4, 0.5) is 0 Å². The maximum Gasteiger partial charge on any atom is 0.310 e. The summed E-state index contributed by atoms with van der Waals surface area (Å²) in [5, 5.41) is 3.14. The topological polar surface area (TPSA) is 73.3 Å². The van der Waals surface area contributed by atoms with Gasteiger partial charge in [0.25, 0.3) is 0 Å². The van der Waals surface area contributed by atoms with Gasteiger partial charge in [0.1, 0.15) is 5.60 Å². The van der Waals surface area contributed by atoms with Crippen molar-refractivity contribution >= 4 is 5.97 Å². The molecular formula is C9H20N2O2. The van der Waals surface area contributed by atoms with Crippen LogP contribution in [0.3, 0.4) is 0 Å². The number of rotatable bonds is 1. The van der Waals surface area contributed by atoms with Crippen molar-refractivity contribution in [3.05, 3.63) is 0 Å². The second-order valence-corrected chi connectivity index (χ2v) is 4.22. The molecule has 4 heteroatoms. The zero-order chi connectivity index (χ0) is 9.19. The maximum absolute atomic E-state index is 11.4. The molecule has 1 unspecified atom stereocenters. The van der Waals surface area contributed by atoms with Crippen molar-refractivity contribution in [2.24, 2.45) is 5.92 Å².